The summed E-state index contributed by atoms with van der Waals surface area (Å²) in [6.45, 7) is 8.32. The average Bonchev–Trinajstić information content (AvgIpc) is 2.16. The van der Waals surface area contributed by atoms with Gasteiger partial charge in [-0.15, -0.1) is 0 Å². The van der Waals surface area contributed by atoms with Crippen molar-refractivity contribution in [3.63, 3.8) is 0 Å². The molecule has 0 amide bonds. The standard InChI is InChI=1S/C10H19NO/c1-3-10(2)4-5-11-6-8-12-9-7-11/h4-5,10H,3,6-9H2,1-2H3/b5-4+. The summed E-state index contributed by atoms with van der Waals surface area (Å²) in [5.41, 5.74) is 0. The van der Waals surface area contributed by atoms with Gasteiger partial charge in [0.1, 0.15) is 0 Å². The largest absolute Gasteiger partial charge is 0.378 e. The molecule has 1 saturated heterocycles. The Labute approximate surface area is 75.2 Å². The molecule has 70 valence electrons. The smallest absolute Gasteiger partial charge is 0.0642 e. The molecule has 1 atom stereocenters. The minimum atomic E-state index is 0.702. The number of rotatable bonds is 3. The van der Waals surface area contributed by atoms with Crippen molar-refractivity contribution < 1.29 is 4.74 Å². The van der Waals surface area contributed by atoms with Crippen LogP contribution in [0.1, 0.15) is 20.3 Å². The lowest BCUT2D eigenvalue weighted by Gasteiger charge is -2.25. The van der Waals surface area contributed by atoms with Crippen LogP contribution in [0.5, 0.6) is 0 Å². The number of hydrogen-bond acceptors (Lipinski definition) is 2. The van der Waals surface area contributed by atoms with Gasteiger partial charge >= 0.3 is 0 Å². The summed E-state index contributed by atoms with van der Waals surface area (Å²) in [4.78, 5) is 2.33. The first-order valence-corrected chi connectivity index (χ1v) is 4.83. The highest BCUT2D eigenvalue weighted by atomic mass is 16.5. The maximum Gasteiger partial charge on any atom is 0.0642 e. The van der Waals surface area contributed by atoms with Crippen molar-refractivity contribution in [2.24, 2.45) is 5.92 Å². The molecule has 0 aromatic rings. The van der Waals surface area contributed by atoms with E-state index in [9.17, 15) is 0 Å². The van der Waals surface area contributed by atoms with Gasteiger partial charge < -0.3 is 9.64 Å². The second-order valence-electron chi connectivity index (χ2n) is 3.38. The van der Waals surface area contributed by atoms with Gasteiger partial charge in [-0.25, -0.2) is 0 Å². The molecule has 12 heavy (non-hydrogen) atoms. The van der Waals surface area contributed by atoms with Gasteiger partial charge in [-0.3, -0.25) is 0 Å². The Morgan fingerprint density at radius 1 is 1.42 bits per heavy atom. The summed E-state index contributed by atoms with van der Waals surface area (Å²) in [5.74, 6) is 0.702. The van der Waals surface area contributed by atoms with E-state index in [0.717, 1.165) is 26.3 Å². The highest BCUT2D eigenvalue weighted by molar-refractivity contribution is 4.86. The molecule has 2 heteroatoms. The van der Waals surface area contributed by atoms with Crippen molar-refractivity contribution >= 4 is 0 Å². The van der Waals surface area contributed by atoms with E-state index in [0.29, 0.717) is 5.92 Å². The van der Waals surface area contributed by atoms with Crippen LogP contribution >= 0.6 is 0 Å². The lowest BCUT2D eigenvalue weighted by molar-refractivity contribution is 0.0591. The fourth-order valence-electron chi connectivity index (χ4n) is 1.13. The zero-order chi connectivity index (χ0) is 8.81. The first kappa shape index (κ1) is 9.59. The molecule has 0 bridgehead atoms. The molecule has 0 aliphatic carbocycles. The van der Waals surface area contributed by atoms with Gasteiger partial charge in [0.2, 0.25) is 0 Å². The minimum absolute atomic E-state index is 0.702. The number of ether oxygens (including phenoxy) is 1. The Hall–Kier alpha value is -0.500. The Morgan fingerprint density at radius 3 is 2.67 bits per heavy atom. The van der Waals surface area contributed by atoms with Crippen LogP contribution in [0, 0.1) is 5.92 Å². The summed E-state index contributed by atoms with van der Waals surface area (Å²) in [6.07, 6.45) is 5.73. The highest BCUT2D eigenvalue weighted by Gasteiger charge is 2.05. The molecule has 0 aromatic heterocycles. The molecule has 0 radical (unpaired) electrons. The lowest BCUT2D eigenvalue weighted by Crippen LogP contribution is -2.32. The van der Waals surface area contributed by atoms with Gasteiger partial charge in [-0.2, -0.15) is 0 Å². The van der Waals surface area contributed by atoms with E-state index in [-0.39, 0.29) is 0 Å². The first-order chi connectivity index (χ1) is 5.83. The average molecular weight is 169 g/mol. The second kappa shape index (κ2) is 5.20. The maximum absolute atomic E-state index is 5.26. The predicted octanol–water partition coefficient (Wildman–Crippen LogP) is 1.88. The van der Waals surface area contributed by atoms with Gasteiger partial charge in [0.25, 0.3) is 0 Å². The van der Waals surface area contributed by atoms with Crippen LogP contribution in [0.2, 0.25) is 0 Å². The molecule has 1 aliphatic rings. The van der Waals surface area contributed by atoms with Crippen molar-refractivity contribution in [1.29, 1.82) is 0 Å². The SMILES string of the molecule is CCC(C)/C=C/N1CCOCC1. The molecule has 0 aromatic carbocycles. The number of morpholine rings is 1. The summed E-state index contributed by atoms with van der Waals surface area (Å²) in [6, 6.07) is 0. The number of hydrogen-bond donors (Lipinski definition) is 0. The molecule has 1 aliphatic heterocycles. The molecule has 1 unspecified atom stereocenters. The van der Waals surface area contributed by atoms with Crippen molar-refractivity contribution in [3.05, 3.63) is 12.3 Å². The zero-order valence-electron chi connectivity index (χ0n) is 8.12. The van der Waals surface area contributed by atoms with Gasteiger partial charge in [0.05, 0.1) is 13.2 Å². The maximum atomic E-state index is 5.26. The van der Waals surface area contributed by atoms with Crippen LogP contribution in [-0.4, -0.2) is 31.2 Å². The predicted molar refractivity (Wildman–Crippen MR) is 51.0 cm³/mol. The Bertz CT molecular complexity index is 139. The quantitative estimate of drug-likeness (QED) is 0.639. The normalized spacial score (nSPS) is 21.7. The first-order valence-electron chi connectivity index (χ1n) is 4.83. The molecular weight excluding hydrogens is 150 g/mol. The highest BCUT2D eigenvalue weighted by Crippen LogP contribution is 2.04. The van der Waals surface area contributed by atoms with Crippen molar-refractivity contribution in [2.75, 3.05) is 26.3 Å². The van der Waals surface area contributed by atoms with Crippen LogP contribution in [0.15, 0.2) is 12.3 Å². The summed E-state index contributed by atoms with van der Waals surface area (Å²) in [7, 11) is 0. The number of nitrogens with zero attached hydrogens (tertiary/aromatic N) is 1. The monoisotopic (exact) mass is 169 g/mol. The molecule has 0 saturated carbocycles. The third kappa shape index (κ3) is 3.26. The molecule has 0 spiro atoms. The Kier molecular flexibility index (Phi) is 4.15. The van der Waals surface area contributed by atoms with Crippen LogP contribution < -0.4 is 0 Å². The zero-order valence-corrected chi connectivity index (χ0v) is 8.12. The van der Waals surface area contributed by atoms with Crippen LogP contribution in [0.3, 0.4) is 0 Å². The molecule has 2 nitrogen and oxygen atoms in total. The summed E-state index contributed by atoms with van der Waals surface area (Å²) in [5, 5.41) is 0. The van der Waals surface area contributed by atoms with Gasteiger partial charge in [0.15, 0.2) is 0 Å². The summed E-state index contributed by atoms with van der Waals surface area (Å²) < 4.78 is 5.26. The van der Waals surface area contributed by atoms with E-state index < -0.39 is 0 Å². The topological polar surface area (TPSA) is 12.5 Å². The van der Waals surface area contributed by atoms with E-state index in [4.69, 9.17) is 4.74 Å². The molecule has 1 fully saturated rings. The molecule has 0 N–H and O–H groups in total. The minimum Gasteiger partial charge on any atom is -0.378 e. The van der Waals surface area contributed by atoms with Crippen LogP contribution in [-0.2, 0) is 4.74 Å². The Balaban J connectivity index is 2.23. The van der Waals surface area contributed by atoms with Gasteiger partial charge in [-0.1, -0.05) is 26.3 Å². The summed E-state index contributed by atoms with van der Waals surface area (Å²) >= 11 is 0. The van der Waals surface area contributed by atoms with Crippen molar-refractivity contribution in [3.8, 4) is 0 Å². The van der Waals surface area contributed by atoms with Crippen LogP contribution in [0.4, 0.5) is 0 Å². The molecule has 1 rings (SSSR count). The molecular formula is C10H19NO. The second-order valence-corrected chi connectivity index (χ2v) is 3.38. The van der Waals surface area contributed by atoms with Crippen molar-refractivity contribution in [2.45, 2.75) is 20.3 Å². The van der Waals surface area contributed by atoms with E-state index in [1.54, 1.807) is 0 Å². The third-order valence-electron chi connectivity index (χ3n) is 2.32. The van der Waals surface area contributed by atoms with E-state index in [1.807, 2.05) is 0 Å². The van der Waals surface area contributed by atoms with Crippen LogP contribution in [0.25, 0.3) is 0 Å². The fraction of sp³-hybridized carbons (Fsp3) is 0.800. The number of allylic oxidation sites excluding steroid dienone is 1. The molecule has 1 heterocycles. The van der Waals surface area contributed by atoms with Gasteiger partial charge in [0, 0.05) is 13.1 Å². The van der Waals surface area contributed by atoms with E-state index in [1.165, 1.54) is 6.42 Å². The third-order valence-corrected chi connectivity index (χ3v) is 2.32. The van der Waals surface area contributed by atoms with Crippen molar-refractivity contribution in [1.82, 2.24) is 4.90 Å². The van der Waals surface area contributed by atoms with E-state index in [2.05, 4.69) is 31.0 Å². The van der Waals surface area contributed by atoms with E-state index >= 15 is 0 Å². The lowest BCUT2D eigenvalue weighted by atomic mass is 10.1. The Morgan fingerprint density at radius 2 is 2.08 bits per heavy atom. The fourth-order valence-corrected chi connectivity index (χ4v) is 1.13. The van der Waals surface area contributed by atoms with Gasteiger partial charge in [-0.05, 0) is 12.1 Å².